The molecule has 2 aliphatic heterocycles. The Kier molecular flexibility index (Phi) is 27.4. The van der Waals surface area contributed by atoms with Gasteiger partial charge in [0, 0.05) is 74.5 Å². The van der Waals surface area contributed by atoms with E-state index >= 15 is 0 Å². The van der Waals surface area contributed by atoms with E-state index in [2.05, 4.69) is 20.8 Å². The maximum absolute atomic E-state index is 14.7. The Bertz CT molecular complexity index is 2760. The third kappa shape index (κ3) is 19.9. The average molecular weight is 1240 g/mol. The number of carbonyl (C=O) groups is 9. The van der Waals surface area contributed by atoms with Crippen LogP contribution in [-0.2, 0) is 70.3 Å². The number of hydrogen-bond acceptors (Lipinski definition) is 15. The Morgan fingerprint density at radius 2 is 1.47 bits per heavy atom. The molecule has 2 bridgehead atoms. The zero-order valence-corrected chi connectivity index (χ0v) is 54.3. The number of cyclic esters (lactones) is 2. The highest BCUT2D eigenvalue weighted by molar-refractivity contribution is 6.30. The molecule has 21 nitrogen and oxygen atoms in total. The van der Waals surface area contributed by atoms with Gasteiger partial charge in [0.15, 0.2) is 6.10 Å². The van der Waals surface area contributed by atoms with E-state index in [-0.39, 0.29) is 37.4 Å². The van der Waals surface area contributed by atoms with Crippen molar-refractivity contribution in [3.05, 3.63) is 88.0 Å². The minimum Gasteiger partial charge on any atom is -0.460 e. The number of hydrogen-bond donors (Lipinski definition) is 4. The minimum absolute atomic E-state index is 0.00399. The lowest BCUT2D eigenvalue weighted by Gasteiger charge is -2.35. The summed E-state index contributed by atoms with van der Waals surface area (Å²) in [6, 6.07) is 10.2. The summed E-state index contributed by atoms with van der Waals surface area (Å²) in [5, 5.41) is 8.69. The normalized spacial score (nSPS) is 25.5. The van der Waals surface area contributed by atoms with Crippen molar-refractivity contribution in [3.63, 3.8) is 0 Å². The second-order valence-corrected chi connectivity index (χ2v) is 24.6. The van der Waals surface area contributed by atoms with Crippen LogP contribution in [-0.4, -0.2) is 168 Å². The number of anilines is 1. The fourth-order valence-corrected chi connectivity index (χ4v) is 10.5. The summed E-state index contributed by atoms with van der Waals surface area (Å²) in [6.45, 7) is 18.8. The van der Waals surface area contributed by atoms with Crippen LogP contribution in [0.15, 0.2) is 71.8 Å². The van der Waals surface area contributed by atoms with Crippen molar-refractivity contribution in [1.29, 1.82) is 0 Å². The van der Waals surface area contributed by atoms with Crippen LogP contribution in [0.25, 0.3) is 0 Å². The largest absolute Gasteiger partial charge is 0.460 e. The number of amides is 6. The fourth-order valence-electron chi connectivity index (χ4n) is 10.2. The summed E-state index contributed by atoms with van der Waals surface area (Å²) in [5.41, 5.74) is -0.484. The molecule has 23 heteroatoms. The Hall–Kier alpha value is -6.71. The highest BCUT2D eigenvalue weighted by Crippen LogP contribution is 2.39. The van der Waals surface area contributed by atoms with E-state index in [4.69, 9.17) is 42.3 Å². The molecular formula is C63H92Cl2N8O13. The standard InChI is InChI=1S/C63H92Cl2N8O13/c1-16-39(5)52-55(76)68-62(10,11)59(80)86-53(40(6)17-2)42(8)50-35-63(60(81)85-50,72(14)31-21-19-18-20-30-70(12)61(82)83-37-45-24-28-47(69-65)29-25-45)34-41(7)58(79)84-49(32-38(3)4)54(75)66-43(9)56(77)73(15)48(33-44-22-26-46(64)27-23-44)57(78)71(13)36-51(74)67-52/h17,22-29,34,38-39,42-43,48-50,52-53,69H,16,18-21,30-33,35-37H2,1-15H3,(H,66,75)(H,67,74)(H,68,76)/b40-17+,41-34+/t39?,42-,43-,48+,49+,50-,52-,53+,63?/m0/s1. The number of rotatable bonds is 18. The highest BCUT2D eigenvalue weighted by Gasteiger charge is 2.54. The van der Waals surface area contributed by atoms with Gasteiger partial charge in [-0.15, -0.1) is 0 Å². The highest BCUT2D eigenvalue weighted by atomic mass is 35.5. The summed E-state index contributed by atoms with van der Waals surface area (Å²) < 4.78 is 24.0. The van der Waals surface area contributed by atoms with Gasteiger partial charge >= 0.3 is 24.0 Å². The van der Waals surface area contributed by atoms with Gasteiger partial charge in [0.1, 0.15) is 48.0 Å². The van der Waals surface area contributed by atoms with E-state index in [1.54, 1.807) is 96.4 Å². The Morgan fingerprint density at radius 3 is 2.06 bits per heavy atom. The Morgan fingerprint density at radius 1 is 0.849 bits per heavy atom. The van der Waals surface area contributed by atoms with Crippen molar-refractivity contribution in [1.82, 2.24) is 35.6 Å². The molecular weight excluding hydrogens is 1150 g/mol. The predicted molar refractivity (Wildman–Crippen MR) is 329 cm³/mol. The van der Waals surface area contributed by atoms with Gasteiger partial charge in [-0.1, -0.05) is 95.8 Å². The smallest absolute Gasteiger partial charge is 0.409 e. The fraction of sp³-hybridized carbons (Fsp3) is 0.603. The quantitative estimate of drug-likeness (QED) is 0.0364. The van der Waals surface area contributed by atoms with Crippen LogP contribution in [0, 0.1) is 17.8 Å². The van der Waals surface area contributed by atoms with E-state index in [1.165, 1.54) is 57.7 Å². The number of carbonyl (C=O) groups excluding carboxylic acids is 9. The molecule has 2 aromatic carbocycles. The summed E-state index contributed by atoms with van der Waals surface area (Å²) in [4.78, 5) is 136. The lowest BCUT2D eigenvalue weighted by Crippen LogP contribution is -2.60. The van der Waals surface area contributed by atoms with Crippen molar-refractivity contribution in [2.24, 2.45) is 17.8 Å². The first kappa shape index (κ1) is 71.8. The molecule has 4 N–H and O–H groups in total. The molecule has 0 radical (unpaired) electrons. The predicted octanol–water partition coefficient (Wildman–Crippen LogP) is 7.91. The SMILES string of the molecule is C/C=C(\C)[C@H]1OC(=O)C(C)(C)NC(=O)[C@H](C(C)CC)NC(=O)CN(C)C(=O)[C@@H](Cc2ccc(Cl)cc2)N(C)C(=O)[C@H](C)NC(=O)[C@@H](CC(C)C)OC(=O)/C(C)=C/C2(N(C)CCCCCCN(C)C(=O)OCc3ccc(NCl)cc3)C[C@H](OC2=O)[C@@H]1C. The van der Waals surface area contributed by atoms with E-state index < -0.39 is 119 Å². The number of halogens is 2. The van der Waals surface area contributed by atoms with Crippen LogP contribution in [0.2, 0.25) is 5.02 Å². The van der Waals surface area contributed by atoms with Gasteiger partial charge in [0.25, 0.3) is 5.91 Å². The van der Waals surface area contributed by atoms with Crippen LogP contribution in [0.3, 0.4) is 0 Å². The molecule has 0 aromatic heterocycles. The minimum atomic E-state index is -1.67. The molecule has 6 amide bonds. The van der Waals surface area contributed by atoms with Gasteiger partial charge in [0.2, 0.25) is 23.6 Å². The lowest BCUT2D eigenvalue weighted by molar-refractivity contribution is -0.161. The second kappa shape index (κ2) is 32.9. The molecule has 2 heterocycles. The van der Waals surface area contributed by atoms with E-state index in [1.807, 2.05) is 25.7 Å². The molecule has 2 unspecified atom stereocenters. The van der Waals surface area contributed by atoms with E-state index in [0.717, 1.165) is 16.9 Å². The zero-order chi connectivity index (χ0) is 64.4. The first-order valence-electron chi connectivity index (χ1n) is 29.6. The Balaban J connectivity index is 1.72. The van der Waals surface area contributed by atoms with E-state index in [9.17, 15) is 43.2 Å². The van der Waals surface area contributed by atoms with Gasteiger partial charge in [-0.3, -0.25) is 33.7 Å². The molecule has 4 rings (SSSR count). The van der Waals surface area contributed by atoms with Crippen LogP contribution >= 0.6 is 23.4 Å². The number of unbranched alkanes of at least 4 members (excludes halogenated alkanes) is 3. The van der Waals surface area contributed by atoms with Gasteiger partial charge in [-0.05, 0) is 133 Å². The maximum Gasteiger partial charge on any atom is 0.409 e. The summed E-state index contributed by atoms with van der Waals surface area (Å²) >= 11 is 11.9. The van der Waals surface area contributed by atoms with Gasteiger partial charge in [-0.25, -0.2) is 19.2 Å². The number of esters is 3. The van der Waals surface area contributed by atoms with E-state index in [0.29, 0.717) is 60.6 Å². The summed E-state index contributed by atoms with van der Waals surface area (Å²) in [6.07, 6.45) is 2.69. The maximum atomic E-state index is 14.7. The third-order valence-electron chi connectivity index (χ3n) is 16.2. The monoisotopic (exact) mass is 1240 g/mol. The van der Waals surface area contributed by atoms with Crippen LogP contribution in [0.4, 0.5) is 10.5 Å². The first-order chi connectivity index (χ1) is 40.4. The molecule has 2 aliphatic rings. The first-order valence-corrected chi connectivity index (χ1v) is 30.3. The van der Waals surface area contributed by atoms with Crippen LogP contribution in [0.5, 0.6) is 0 Å². The third-order valence-corrected chi connectivity index (χ3v) is 16.6. The lowest BCUT2D eigenvalue weighted by atomic mass is 9.84. The van der Waals surface area contributed by atoms with Crippen LogP contribution in [0.1, 0.15) is 132 Å². The topological polar surface area (TPSA) is 252 Å². The molecule has 1 fully saturated rings. The number of nitrogens with one attached hydrogen (secondary N) is 4. The summed E-state index contributed by atoms with van der Waals surface area (Å²) in [5.74, 6) is -7.19. The van der Waals surface area contributed by atoms with Gasteiger partial charge in [0.05, 0.1) is 6.54 Å². The molecule has 9 atom stereocenters. The zero-order valence-electron chi connectivity index (χ0n) is 52.8. The second-order valence-electron chi connectivity index (χ2n) is 24.0. The van der Waals surface area contributed by atoms with Crippen molar-refractivity contribution in [2.45, 2.75) is 182 Å². The van der Waals surface area contributed by atoms with Gasteiger partial charge < -0.3 is 49.6 Å². The molecule has 2 aromatic rings. The number of nitrogens with zero attached hydrogens (tertiary/aromatic N) is 4. The molecule has 0 aliphatic carbocycles. The molecule has 1 saturated heterocycles. The van der Waals surface area contributed by atoms with Crippen molar-refractivity contribution in [3.8, 4) is 0 Å². The molecule has 0 spiro atoms. The van der Waals surface area contributed by atoms with Crippen molar-refractivity contribution >= 4 is 82.6 Å². The number of ether oxygens (including phenoxy) is 4. The molecule has 86 heavy (non-hydrogen) atoms. The molecule has 0 saturated carbocycles. The number of benzene rings is 2. The van der Waals surface area contributed by atoms with Crippen LogP contribution < -0.4 is 20.8 Å². The number of allylic oxidation sites excluding steroid dienone is 1. The number of fused-ring (bicyclic) bond motifs is 2. The Labute approximate surface area is 518 Å². The molecule has 476 valence electrons. The average Bonchev–Trinajstić information content (AvgIpc) is 2.00. The summed E-state index contributed by atoms with van der Waals surface area (Å²) in [7, 11) is 6.22. The van der Waals surface area contributed by atoms with Gasteiger partial charge in [-0.2, -0.15) is 0 Å². The number of likely N-dealkylation sites (N-methyl/N-ethyl adjacent to an activating group) is 3. The van der Waals surface area contributed by atoms with Crippen molar-refractivity contribution in [2.75, 3.05) is 52.7 Å². The van der Waals surface area contributed by atoms with Crippen molar-refractivity contribution < 1.29 is 62.1 Å².